The van der Waals surface area contributed by atoms with Gasteiger partial charge in [0, 0.05) is 30.8 Å². The molecule has 1 saturated heterocycles. The Hall–Kier alpha value is -1.81. The highest BCUT2D eigenvalue weighted by Gasteiger charge is 2.50. The monoisotopic (exact) mass is 431 g/mol. The second kappa shape index (κ2) is 10.7. The Kier molecular flexibility index (Phi) is 8.56. The molecule has 2 amide bonds. The summed E-state index contributed by atoms with van der Waals surface area (Å²) in [5, 5.41) is 5.36. The summed E-state index contributed by atoms with van der Waals surface area (Å²) in [5.74, 6) is -0.945. The molecule has 0 saturated carbocycles. The van der Waals surface area contributed by atoms with Gasteiger partial charge in [0.2, 0.25) is 5.91 Å². The van der Waals surface area contributed by atoms with Crippen molar-refractivity contribution >= 4 is 35.6 Å². The molecule has 28 heavy (non-hydrogen) atoms. The third kappa shape index (κ3) is 6.66. The molecule has 154 valence electrons. The van der Waals surface area contributed by atoms with Crippen molar-refractivity contribution in [2.24, 2.45) is 0 Å². The van der Waals surface area contributed by atoms with Crippen LogP contribution in [-0.4, -0.2) is 48.0 Å². The summed E-state index contributed by atoms with van der Waals surface area (Å²) in [6.07, 6.45) is 0.382. The number of hydrogen-bond acceptors (Lipinski definition) is 6. The average molecular weight is 432 g/mol. The highest BCUT2D eigenvalue weighted by molar-refractivity contribution is 7.92. The molecule has 1 fully saturated rings. The second-order valence-electron chi connectivity index (χ2n) is 6.08. The van der Waals surface area contributed by atoms with E-state index in [1.54, 1.807) is 0 Å². The topological polar surface area (TPSA) is 79.7 Å². The summed E-state index contributed by atoms with van der Waals surface area (Å²) in [7, 11) is 0. The van der Waals surface area contributed by atoms with Crippen molar-refractivity contribution in [2.45, 2.75) is 32.4 Å². The highest BCUT2D eigenvalue weighted by atomic mass is 35.5. The van der Waals surface area contributed by atoms with Gasteiger partial charge in [-0.05, 0) is 26.0 Å². The molecule has 1 aliphatic rings. The van der Waals surface area contributed by atoms with E-state index in [-0.39, 0.29) is 35.4 Å². The molecule has 0 aromatic heterocycles. The van der Waals surface area contributed by atoms with Gasteiger partial charge in [-0.1, -0.05) is 18.2 Å². The van der Waals surface area contributed by atoms with Gasteiger partial charge in [-0.15, -0.1) is 0 Å². The van der Waals surface area contributed by atoms with Crippen LogP contribution >= 0.6 is 23.8 Å². The first-order chi connectivity index (χ1) is 13.3. The van der Waals surface area contributed by atoms with Crippen molar-refractivity contribution < 1.29 is 22.9 Å². The van der Waals surface area contributed by atoms with E-state index in [0.717, 1.165) is 6.07 Å². The van der Waals surface area contributed by atoms with Crippen LogP contribution in [0.4, 0.5) is 4.39 Å². The molecular formula is C18H23ClFN3O4S. The predicted molar refractivity (Wildman–Crippen MR) is 106 cm³/mol. The number of amides is 2. The number of hydrogen-bond donors (Lipinski definition) is 2. The third-order valence-corrected chi connectivity index (χ3v) is 5.25. The van der Waals surface area contributed by atoms with E-state index < -0.39 is 11.7 Å². The SMILES string of the molecule is C=C(CCNC(=O)C1C(C)N1SOCC)NC(=O)COc1ccc(Cl)c(F)c1. The second-order valence-corrected chi connectivity index (χ2v) is 7.30. The van der Waals surface area contributed by atoms with Crippen molar-refractivity contribution in [1.29, 1.82) is 0 Å². The molecule has 0 radical (unpaired) electrons. The minimum absolute atomic E-state index is 0.0209. The Bertz CT molecular complexity index is 737. The maximum absolute atomic E-state index is 13.3. The molecule has 10 heteroatoms. The van der Waals surface area contributed by atoms with Crippen molar-refractivity contribution in [3.63, 3.8) is 0 Å². The van der Waals surface area contributed by atoms with Crippen molar-refractivity contribution in [3.8, 4) is 5.75 Å². The fourth-order valence-corrected chi connectivity index (χ4v) is 3.24. The minimum atomic E-state index is -0.622. The van der Waals surface area contributed by atoms with E-state index in [1.807, 2.05) is 18.2 Å². The number of nitrogens with one attached hydrogen (secondary N) is 2. The summed E-state index contributed by atoms with van der Waals surface area (Å²) in [5.41, 5.74) is 0.445. The van der Waals surface area contributed by atoms with Crippen LogP contribution in [0, 0.1) is 5.82 Å². The normalized spacial score (nSPS) is 20.4. The molecule has 0 aliphatic carbocycles. The number of benzene rings is 1. The Balaban J connectivity index is 1.62. The molecule has 3 unspecified atom stereocenters. The number of nitrogens with zero attached hydrogens (tertiary/aromatic N) is 1. The summed E-state index contributed by atoms with van der Waals surface area (Å²) < 4.78 is 25.6. The van der Waals surface area contributed by atoms with Gasteiger partial charge < -0.3 is 19.6 Å². The van der Waals surface area contributed by atoms with Crippen LogP contribution in [-0.2, 0) is 13.8 Å². The molecule has 0 bridgehead atoms. The fourth-order valence-electron chi connectivity index (χ4n) is 2.34. The van der Waals surface area contributed by atoms with Crippen LogP contribution in [0.1, 0.15) is 20.3 Å². The van der Waals surface area contributed by atoms with Gasteiger partial charge in [-0.3, -0.25) is 9.59 Å². The lowest BCUT2D eigenvalue weighted by molar-refractivity contribution is -0.122. The van der Waals surface area contributed by atoms with Crippen molar-refractivity contribution in [1.82, 2.24) is 14.9 Å². The van der Waals surface area contributed by atoms with Crippen molar-refractivity contribution in [3.05, 3.63) is 41.3 Å². The summed E-state index contributed by atoms with van der Waals surface area (Å²) >= 11 is 6.78. The van der Waals surface area contributed by atoms with E-state index in [4.69, 9.17) is 20.5 Å². The van der Waals surface area contributed by atoms with E-state index in [2.05, 4.69) is 17.2 Å². The Morgan fingerprint density at radius 1 is 1.43 bits per heavy atom. The predicted octanol–water partition coefficient (Wildman–Crippen LogP) is 2.67. The van der Waals surface area contributed by atoms with Gasteiger partial charge in [0.15, 0.2) is 6.61 Å². The van der Waals surface area contributed by atoms with Crippen LogP contribution in [0.2, 0.25) is 5.02 Å². The lowest BCUT2D eigenvalue weighted by Crippen LogP contribution is -2.33. The molecule has 0 spiro atoms. The van der Waals surface area contributed by atoms with Crippen LogP contribution < -0.4 is 15.4 Å². The van der Waals surface area contributed by atoms with Crippen molar-refractivity contribution in [2.75, 3.05) is 19.8 Å². The smallest absolute Gasteiger partial charge is 0.262 e. The fraction of sp³-hybridized carbons (Fsp3) is 0.444. The Morgan fingerprint density at radius 3 is 2.86 bits per heavy atom. The summed E-state index contributed by atoms with van der Waals surface area (Å²) in [6, 6.07) is 3.82. The van der Waals surface area contributed by atoms with E-state index in [1.165, 1.54) is 24.4 Å². The summed E-state index contributed by atoms with van der Waals surface area (Å²) in [4.78, 5) is 24.0. The first-order valence-electron chi connectivity index (χ1n) is 8.74. The number of carbonyl (C=O) groups excluding carboxylic acids is 2. The standard InChI is InChI=1S/C18H23ClFN3O4S/c1-4-27-28-23-12(3)17(23)18(25)21-8-7-11(2)22-16(24)10-26-13-5-6-14(19)15(20)9-13/h5-6,9,12,17H,2,4,7-8,10H2,1,3H3,(H,21,25)(H,22,24). The average Bonchev–Trinajstić information content (AvgIpc) is 3.30. The van der Waals surface area contributed by atoms with Gasteiger partial charge in [-0.25, -0.2) is 8.70 Å². The van der Waals surface area contributed by atoms with Gasteiger partial charge in [0.05, 0.1) is 23.9 Å². The minimum Gasteiger partial charge on any atom is -0.484 e. The summed E-state index contributed by atoms with van der Waals surface area (Å²) in [6.45, 7) is 8.20. The van der Waals surface area contributed by atoms with E-state index in [9.17, 15) is 14.0 Å². The van der Waals surface area contributed by atoms with E-state index in [0.29, 0.717) is 25.3 Å². The lowest BCUT2D eigenvalue weighted by Gasteiger charge is -2.10. The van der Waals surface area contributed by atoms with Gasteiger partial charge in [-0.2, -0.15) is 0 Å². The Labute approximate surface area is 172 Å². The van der Waals surface area contributed by atoms with Crippen LogP contribution in [0.25, 0.3) is 0 Å². The quantitative estimate of drug-likeness (QED) is 0.318. The molecule has 1 aliphatic heterocycles. The highest BCUT2D eigenvalue weighted by Crippen LogP contribution is 2.36. The van der Waals surface area contributed by atoms with Crippen LogP contribution in [0.15, 0.2) is 30.5 Å². The van der Waals surface area contributed by atoms with Crippen LogP contribution in [0.5, 0.6) is 5.75 Å². The molecular weight excluding hydrogens is 409 g/mol. The zero-order chi connectivity index (χ0) is 20.7. The zero-order valence-electron chi connectivity index (χ0n) is 15.7. The molecule has 7 nitrogen and oxygen atoms in total. The van der Waals surface area contributed by atoms with Gasteiger partial charge >= 0.3 is 0 Å². The number of rotatable bonds is 11. The molecule has 1 heterocycles. The van der Waals surface area contributed by atoms with Gasteiger partial charge in [0.1, 0.15) is 17.6 Å². The molecule has 1 aromatic rings. The largest absolute Gasteiger partial charge is 0.484 e. The number of carbonyl (C=O) groups is 2. The first kappa shape index (κ1) is 22.5. The maximum Gasteiger partial charge on any atom is 0.262 e. The molecule has 1 aromatic carbocycles. The third-order valence-electron chi connectivity index (χ3n) is 3.87. The van der Waals surface area contributed by atoms with E-state index >= 15 is 0 Å². The zero-order valence-corrected chi connectivity index (χ0v) is 17.2. The molecule has 2 rings (SSSR count). The molecule has 2 N–H and O–H groups in total. The number of ether oxygens (including phenoxy) is 1. The maximum atomic E-state index is 13.3. The van der Waals surface area contributed by atoms with Gasteiger partial charge in [0.25, 0.3) is 5.91 Å². The molecule has 3 atom stereocenters. The number of halogens is 2. The van der Waals surface area contributed by atoms with Crippen LogP contribution in [0.3, 0.4) is 0 Å². The Morgan fingerprint density at radius 2 is 2.18 bits per heavy atom. The first-order valence-corrected chi connectivity index (χ1v) is 9.82. The lowest BCUT2D eigenvalue weighted by atomic mass is 10.3.